The van der Waals surface area contributed by atoms with Crippen molar-refractivity contribution < 1.29 is 55.4 Å². The average molecular weight is 1100 g/mol. The zero-order valence-corrected chi connectivity index (χ0v) is 46.6. The lowest BCUT2D eigenvalue weighted by molar-refractivity contribution is -0.142. The van der Waals surface area contributed by atoms with E-state index in [2.05, 4.69) is 44.7 Å². The number of aromatic nitrogens is 3. The van der Waals surface area contributed by atoms with Crippen LogP contribution in [0.2, 0.25) is 0 Å². The molecule has 0 spiro atoms. The normalized spacial score (nSPS) is 17.4. The maximum Gasteiger partial charge on any atom is 0.406 e. The number of likely N-dealkylation sites (tertiary alicyclic amines) is 1. The molecule has 4 unspecified atom stereocenters. The van der Waals surface area contributed by atoms with Crippen LogP contribution in [0.4, 0.5) is 23.2 Å². The molecule has 3 aliphatic heterocycles. The number of ether oxygens (including phenoxy) is 2. The first-order valence-corrected chi connectivity index (χ1v) is 26.7. The largest absolute Gasteiger partial charge is 0.467 e. The van der Waals surface area contributed by atoms with Gasteiger partial charge in [0.25, 0.3) is 12.4 Å². The van der Waals surface area contributed by atoms with Crippen molar-refractivity contribution >= 4 is 59.8 Å². The van der Waals surface area contributed by atoms with Crippen LogP contribution in [-0.4, -0.2) is 176 Å². The molecule has 3 saturated heterocycles. The van der Waals surface area contributed by atoms with E-state index in [1.54, 1.807) is 51.4 Å². The molecule has 0 aliphatic carbocycles. The molecule has 18 nitrogen and oxygen atoms in total. The number of hydrogen-bond donors (Lipinski definition) is 3. The van der Waals surface area contributed by atoms with E-state index in [-0.39, 0.29) is 49.5 Å². The fraction of sp³-hybridized carbons (Fsp3) is 0.574. The number of likely N-dealkylation sites (N-methyl/N-ethyl adjacent to an activating group) is 2. The molecule has 4 atom stereocenters. The summed E-state index contributed by atoms with van der Waals surface area (Å²) >= 11 is 3.53. The van der Waals surface area contributed by atoms with Crippen LogP contribution in [0.15, 0.2) is 53.7 Å². The molecule has 23 heteroatoms. The number of carbonyl (C=O) groups excluding carboxylic acids is 5. The number of fused-ring (bicyclic) bond motifs is 1. The summed E-state index contributed by atoms with van der Waals surface area (Å²) in [6.45, 7) is 16.4. The number of benzene rings is 1. The number of oxazole rings is 1. The molecule has 3 fully saturated rings. The fourth-order valence-electron chi connectivity index (χ4n) is 9.83. The highest BCUT2D eigenvalue weighted by Crippen LogP contribution is 2.44. The maximum absolute atomic E-state index is 14.8. The number of pyridine rings is 1. The Kier molecular flexibility index (Phi) is 22.5. The number of hydrogen-bond acceptors (Lipinski definition) is 14. The number of methoxy groups -OCH3 is 1. The number of nitrogens with zero attached hydrogens (tertiary/aromatic N) is 8. The first kappa shape index (κ1) is 61.8. The molecule has 2 N–H and O–H groups in total. The topological polar surface area (TPSA) is 188 Å². The summed E-state index contributed by atoms with van der Waals surface area (Å²) < 4.78 is 75.5. The Hall–Kier alpha value is -6.04. The quantitative estimate of drug-likeness (QED) is 0.0369. The first-order chi connectivity index (χ1) is 36.6. The van der Waals surface area contributed by atoms with Gasteiger partial charge in [-0.1, -0.05) is 34.3 Å². The smallest absolute Gasteiger partial charge is 0.406 e. The molecule has 1 aromatic carbocycles. The fourth-order valence-corrected chi connectivity index (χ4v) is 9.83. The van der Waals surface area contributed by atoms with E-state index >= 15 is 0 Å². The van der Waals surface area contributed by atoms with Gasteiger partial charge in [-0.05, 0) is 87.7 Å². The Bertz CT molecular complexity index is 2630. The molecule has 3 aliphatic rings. The highest BCUT2D eigenvalue weighted by molar-refractivity contribution is 7.79. The van der Waals surface area contributed by atoms with Crippen molar-refractivity contribution in [2.24, 2.45) is 11.3 Å². The van der Waals surface area contributed by atoms with Gasteiger partial charge in [0.2, 0.25) is 18.2 Å². The summed E-state index contributed by atoms with van der Waals surface area (Å²) in [6.07, 6.45) is 2.88. The zero-order chi connectivity index (χ0) is 56.8. The number of carbonyl (C=O) groups is 5. The van der Waals surface area contributed by atoms with Crippen LogP contribution < -0.4 is 15.6 Å². The molecule has 7 rings (SSSR count). The van der Waals surface area contributed by atoms with Crippen molar-refractivity contribution in [1.82, 2.24) is 45.0 Å². The van der Waals surface area contributed by atoms with E-state index in [0.29, 0.717) is 91.0 Å². The van der Waals surface area contributed by atoms with E-state index in [0.717, 1.165) is 31.6 Å². The molecule has 0 saturated carbocycles. The molecule has 424 valence electrons. The third-order valence-electron chi connectivity index (χ3n) is 13.8. The lowest BCUT2D eigenvalue weighted by atomic mass is 9.84. The SMILES string of the molecule is C=CC(=O)N1CCC(F)C1.COC(C)c1ncc(N2CCN(C)CC2)cc1-c1c(CC(C)(C)COC=O)c2cc(-c3cnc(CC(NC(=O)C(C(C)C)N(C)C=O)C(=O)N4CCCCN4)o3)ccc2n1CC(F)(F)F.CS. The monoisotopic (exact) mass is 1100 g/mol. The Balaban J connectivity index is 0.000000809. The van der Waals surface area contributed by atoms with E-state index in [4.69, 9.17) is 18.9 Å². The summed E-state index contributed by atoms with van der Waals surface area (Å²) in [5.41, 5.74) is 5.79. The molecular formula is C54H76F4N10O8S. The van der Waals surface area contributed by atoms with E-state index in [1.165, 1.54) is 45.8 Å². The summed E-state index contributed by atoms with van der Waals surface area (Å²) in [5, 5.41) is 4.83. The van der Waals surface area contributed by atoms with Gasteiger partial charge < -0.3 is 43.4 Å². The van der Waals surface area contributed by atoms with Gasteiger partial charge in [-0.2, -0.15) is 25.8 Å². The Morgan fingerprint density at radius 1 is 1.03 bits per heavy atom. The number of piperazine rings is 1. The van der Waals surface area contributed by atoms with E-state index in [1.807, 2.05) is 27.0 Å². The first-order valence-electron chi connectivity index (χ1n) is 25.8. The van der Waals surface area contributed by atoms with Crippen LogP contribution in [0.5, 0.6) is 0 Å². The van der Waals surface area contributed by atoms with Crippen molar-refractivity contribution in [3.8, 4) is 22.6 Å². The van der Waals surface area contributed by atoms with Crippen LogP contribution in [0, 0.1) is 11.3 Å². The minimum absolute atomic E-state index is 0.000671. The number of rotatable bonds is 20. The Morgan fingerprint density at radius 3 is 2.32 bits per heavy atom. The summed E-state index contributed by atoms with van der Waals surface area (Å²) in [4.78, 5) is 78.0. The number of thiol groups is 1. The molecule has 6 heterocycles. The molecule has 4 amide bonds. The molecule has 0 bridgehead atoms. The minimum atomic E-state index is -4.62. The van der Waals surface area contributed by atoms with Gasteiger partial charge in [-0.3, -0.25) is 34.0 Å². The second-order valence-corrected chi connectivity index (χ2v) is 20.6. The predicted molar refractivity (Wildman–Crippen MR) is 290 cm³/mol. The summed E-state index contributed by atoms with van der Waals surface area (Å²) in [6, 6.07) is 5.01. The van der Waals surface area contributed by atoms with Crippen molar-refractivity contribution in [1.29, 1.82) is 0 Å². The van der Waals surface area contributed by atoms with Crippen LogP contribution >= 0.6 is 12.6 Å². The van der Waals surface area contributed by atoms with Crippen LogP contribution in [0.1, 0.15) is 77.1 Å². The third-order valence-corrected chi connectivity index (χ3v) is 13.8. The van der Waals surface area contributed by atoms with Crippen LogP contribution in [0.3, 0.4) is 0 Å². The lowest BCUT2D eigenvalue weighted by Crippen LogP contribution is -2.59. The van der Waals surface area contributed by atoms with Crippen LogP contribution in [-0.2, 0) is 52.8 Å². The van der Waals surface area contributed by atoms with Gasteiger partial charge in [0.15, 0.2) is 11.7 Å². The molecule has 0 radical (unpaired) electrons. The number of nitrogens with one attached hydrogen (secondary N) is 2. The van der Waals surface area contributed by atoms with Gasteiger partial charge in [-0.25, -0.2) is 14.8 Å². The van der Waals surface area contributed by atoms with Crippen molar-refractivity contribution in [3.63, 3.8) is 0 Å². The van der Waals surface area contributed by atoms with E-state index in [9.17, 15) is 41.5 Å². The number of anilines is 1. The van der Waals surface area contributed by atoms with Gasteiger partial charge in [-0.15, -0.1) is 0 Å². The van der Waals surface area contributed by atoms with Crippen molar-refractivity contribution in [2.75, 3.05) is 91.3 Å². The molecule has 4 aromatic rings. The molecular weight excluding hydrogens is 1020 g/mol. The highest BCUT2D eigenvalue weighted by atomic mass is 32.1. The van der Waals surface area contributed by atoms with Gasteiger partial charge in [0.1, 0.15) is 24.8 Å². The van der Waals surface area contributed by atoms with E-state index < -0.39 is 54.3 Å². The van der Waals surface area contributed by atoms with Gasteiger partial charge >= 0.3 is 6.18 Å². The Labute approximate surface area is 454 Å². The zero-order valence-electron chi connectivity index (χ0n) is 45.7. The number of hydrazine groups is 1. The second-order valence-electron chi connectivity index (χ2n) is 20.6. The number of alkyl halides is 4. The number of halogens is 4. The highest BCUT2D eigenvalue weighted by Gasteiger charge is 2.37. The lowest BCUT2D eigenvalue weighted by Gasteiger charge is -2.34. The maximum atomic E-state index is 14.8. The minimum Gasteiger partial charge on any atom is -0.467 e. The third kappa shape index (κ3) is 16.3. The van der Waals surface area contributed by atoms with Gasteiger partial charge in [0.05, 0.1) is 55.1 Å². The Morgan fingerprint density at radius 2 is 1.74 bits per heavy atom. The van der Waals surface area contributed by atoms with Crippen LogP contribution in [0.25, 0.3) is 33.5 Å². The number of amides is 4. The summed E-state index contributed by atoms with van der Waals surface area (Å²) in [7, 11) is 5.08. The average Bonchev–Trinajstić information content (AvgIpc) is 4.21. The second kappa shape index (κ2) is 28.0. The van der Waals surface area contributed by atoms with Gasteiger partial charge in [0, 0.05) is 87.4 Å². The summed E-state index contributed by atoms with van der Waals surface area (Å²) in [5.74, 6) is -0.920. The standard InChI is InChI=1S/C46H62F3N9O7.C7H10FNO.CH4S/c1-29(2)41(55(7)27-59)43(61)53-36(44(62)58-14-10-9-13-52-58)21-39-50-24-38(65-39)31-11-12-37-33(19-31)35(22-45(4,5)26-64-28-60)42(57(37)25-46(47,48)49)34-20-32(23-51-40(34)30(3)63-8)56-17-15-54(6)16-18-56;1-2-7(10)9-4-3-6(8)5-9;1-2/h11-12,19-20,23-24,27-30,36,41,52H,9-10,13-18,21-22,25-26H2,1-8H3,(H,53,61);2,6H,1,3-5H2;2H,1H3. The van der Waals surface area contributed by atoms with Crippen molar-refractivity contribution in [3.05, 3.63) is 66.5 Å². The molecule has 3 aromatic heterocycles. The predicted octanol–water partition coefficient (Wildman–Crippen LogP) is 6.68. The van der Waals surface area contributed by atoms with Crippen molar-refractivity contribution in [2.45, 2.75) is 104 Å². The molecule has 77 heavy (non-hydrogen) atoms.